The van der Waals surface area contributed by atoms with Crippen molar-refractivity contribution in [1.29, 1.82) is 0 Å². The van der Waals surface area contributed by atoms with Crippen LogP contribution in [0, 0.1) is 0 Å². The predicted octanol–water partition coefficient (Wildman–Crippen LogP) is 4.04. The molecular weight excluding hydrogens is 252 g/mol. The Balaban J connectivity index is 2.36. The van der Waals surface area contributed by atoms with Crippen LogP contribution in [0.5, 0.6) is 0 Å². The van der Waals surface area contributed by atoms with Gasteiger partial charge in [-0.05, 0) is 30.2 Å². The second-order valence-electron chi connectivity index (χ2n) is 4.48. The van der Waals surface area contributed by atoms with Gasteiger partial charge in [-0.3, -0.25) is 0 Å². The molecule has 0 amide bonds. The molecule has 0 N–H and O–H groups in total. The van der Waals surface area contributed by atoms with E-state index in [1.54, 1.807) is 0 Å². The second-order valence-corrected chi connectivity index (χ2v) is 6.56. The Kier molecular flexibility index (Phi) is 5.13. The SMILES string of the molecule is CCO[Si](OCC)C(C)c1cccc2ccccc12. The molecule has 0 saturated carbocycles. The maximum absolute atomic E-state index is 5.83. The summed E-state index contributed by atoms with van der Waals surface area (Å²) in [5.41, 5.74) is 1.64. The first-order valence-corrected chi connectivity index (χ1v) is 8.27. The summed E-state index contributed by atoms with van der Waals surface area (Å²) in [6.45, 7) is 7.69. The molecule has 0 saturated heterocycles. The van der Waals surface area contributed by atoms with Crippen LogP contribution in [0.2, 0.25) is 0 Å². The molecule has 0 aromatic heterocycles. The zero-order chi connectivity index (χ0) is 13.7. The van der Waals surface area contributed by atoms with Gasteiger partial charge >= 0.3 is 9.28 Å². The predicted molar refractivity (Wildman–Crippen MR) is 81.4 cm³/mol. The lowest BCUT2D eigenvalue weighted by molar-refractivity contribution is 0.206. The van der Waals surface area contributed by atoms with Crippen molar-refractivity contribution in [3.8, 4) is 0 Å². The molecule has 1 atom stereocenters. The van der Waals surface area contributed by atoms with E-state index in [9.17, 15) is 0 Å². The van der Waals surface area contributed by atoms with E-state index in [0.29, 0.717) is 18.8 Å². The highest BCUT2D eigenvalue weighted by Crippen LogP contribution is 2.27. The molecule has 101 valence electrons. The van der Waals surface area contributed by atoms with Crippen molar-refractivity contribution in [1.82, 2.24) is 0 Å². The van der Waals surface area contributed by atoms with Crippen molar-refractivity contribution in [2.45, 2.75) is 26.3 Å². The van der Waals surface area contributed by atoms with Crippen LogP contribution in [-0.4, -0.2) is 22.5 Å². The minimum Gasteiger partial charge on any atom is -0.393 e. The number of benzene rings is 2. The lowest BCUT2D eigenvalue weighted by Gasteiger charge is -2.21. The summed E-state index contributed by atoms with van der Waals surface area (Å²) < 4.78 is 11.7. The van der Waals surface area contributed by atoms with Crippen molar-refractivity contribution in [3.05, 3.63) is 48.0 Å². The van der Waals surface area contributed by atoms with Gasteiger partial charge in [0.1, 0.15) is 0 Å². The average molecular weight is 273 g/mol. The minimum atomic E-state index is -1.27. The van der Waals surface area contributed by atoms with Gasteiger partial charge in [0, 0.05) is 18.8 Å². The molecule has 0 heterocycles. The first-order chi connectivity index (χ1) is 9.27. The van der Waals surface area contributed by atoms with Gasteiger partial charge in [0.25, 0.3) is 0 Å². The molecule has 1 radical (unpaired) electrons. The highest BCUT2D eigenvalue weighted by Gasteiger charge is 2.26. The first kappa shape index (κ1) is 14.3. The average Bonchev–Trinajstić information content (AvgIpc) is 2.46. The lowest BCUT2D eigenvalue weighted by Crippen LogP contribution is -2.30. The maximum atomic E-state index is 5.83. The summed E-state index contributed by atoms with van der Waals surface area (Å²) in [6, 6.07) is 15.0. The van der Waals surface area contributed by atoms with Crippen LogP contribution in [0.3, 0.4) is 0 Å². The minimum absolute atomic E-state index is 0.316. The largest absolute Gasteiger partial charge is 0.393 e. The number of hydrogen-bond acceptors (Lipinski definition) is 2. The van der Waals surface area contributed by atoms with E-state index in [0.717, 1.165) is 0 Å². The molecule has 2 nitrogen and oxygen atoms in total. The zero-order valence-corrected chi connectivity index (χ0v) is 12.8. The van der Waals surface area contributed by atoms with Crippen LogP contribution < -0.4 is 0 Å². The monoisotopic (exact) mass is 273 g/mol. The Hall–Kier alpha value is -1.16. The van der Waals surface area contributed by atoms with E-state index in [-0.39, 0.29) is 0 Å². The van der Waals surface area contributed by atoms with Crippen molar-refractivity contribution in [3.63, 3.8) is 0 Å². The fourth-order valence-electron chi connectivity index (χ4n) is 2.33. The van der Waals surface area contributed by atoms with Gasteiger partial charge in [-0.15, -0.1) is 0 Å². The van der Waals surface area contributed by atoms with Crippen molar-refractivity contribution >= 4 is 20.1 Å². The number of fused-ring (bicyclic) bond motifs is 1. The van der Waals surface area contributed by atoms with Gasteiger partial charge in [-0.2, -0.15) is 0 Å². The van der Waals surface area contributed by atoms with E-state index in [2.05, 4.69) is 49.4 Å². The van der Waals surface area contributed by atoms with Crippen LogP contribution in [0.25, 0.3) is 10.8 Å². The second kappa shape index (κ2) is 6.85. The standard InChI is InChI=1S/C16H21O2Si/c1-4-17-19(18-5-2)13(3)15-12-8-10-14-9-6-7-11-16(14)15/h6-13H,4-5H2,1-3H3. The quantitative estimate of drug-likeness (QED) is 0.739. The summed E-state index contributed by atoms with van der Waals surface area (Å²) in [4.78, 5) is 0. The zero-order valence-electron chi connectivity index (χ0n) is 11.8. The summed E-state index contributed by atoms with van der Waals surface area (Å²) >= 11 is 0. The van der Waals surface area contributed by atoms with Crippen molar-refractivity contribution < 1.29 is 8.85 Å². The van der Waals surface area contributed by atoms with Crippen LogP contribution in [-0.2, 0) is 8.85 Å². The van der Waals surface area contributed by atoms with Gasteiger partial charge in [0.05, 0.1) is 0 Å². The van der Waals surface area contributed by atoms with Gasteiger partial charge < -0.3 is 8.85 Å². The summed E-state index contributed by atoms with van der Waals surface area (Å²) in [6.07, 6.45) is 0. The van der Waals surface area contributed by atoms with E-state index >= 15 is 0 Å². The molecular formula is C16H21O2Si. The third kappa shape index (κ3) is 3.24. The molecule has 0 spiro atoms. The molecule has 0 aliphatic heterocycles. The van der Waals surface area contributed by atoms with E-state index < -0.39 is 9.28 Å². The first-order valence-electron chi connectivity index (χ1n) is 6.88. The Morgan fingerprint density at radius 2 is 1.58 bits per heavy atom. The van der Waals surface area contributed by atoms with Crippen molar-refractivity contribution in [2.75, 3.05) is 13.2 Å². The Morgan fingerprint density at radius 3 is 2.26 bits per heavy atom. The third-order valence-corrected chi connectivity index (χ3v) is 5.38. The smallest absolute Gasteiger partial charge is 0.392 e. The highest BCUT2D eigenvalue weighted by molar-refractivity contribution is 6.46. The number of hydrogen-bond donors (Lipinski definition) is 0. The molecule has 0 aliphatic carbocycles. The lowest BCUT2D eigenvalue weighted by atomic mass is 10.0. The molecule has 0 fully saturated rings. The van der Waals surface area contributed by atoms with Crippen LogP contribution in [0.15, 0.2) is 42.5 Å². The molecule has 3 heteroatoms. The summed E-state index contributed by atoms with van der Waals surface area (Å²) in [5, 5.41) is 2.58. The van der Waals surface area contributed by atoms with E-state index in [4.69, 9.17) is 8.85 Å². The van der Waals surface area contributed by atoms with Gasteiger partial charge in [0.15, 0.2) is 0 Å². The number of rotatable bonds is 6. The topological polar surface area (TPSA) is 18.5 Å². The maximum Gasteiger partial charge on any atom is 0.392 e. The van der Waals surface area contributed by atoms with Gasteiger partial charge in [0.2, 0.25) is 0 Å². The van der Waals surface area contributed by atoms with Crippen LogP contribution >= 0.6 is 0 Å². The molecule has 0 aliphatic rings. The Morgan fingerprint density at radius 1 is 0.947 bits per heavy atom. The highest BCUT2D eigenvalue weighted by atomic mass is 28.3. The van der Waals surface area contributed by atoms with Gasteiger partial charge in [-0.25, -0.2) is 0 Å². The third-order valence-electron chi connectivity index (χ3n) is 3.22. The van der Waals surface area contributed by atoms with Gasteiger partial charge in [-0.1, -0.05) is 49.4 Å². The molecule has 19 heavy (non-hydrogen) atoms. The van der Waals surface area contributed by atoms with Crippen LogP contribution in [0.1, 0.15) is 31.9 Å². The molecule has 2 rings (SSSR count). The summed E-state index contributed by atoms with van der Waals surface area (Å²) in [5.74, 6) is 0. The molecule has 0 bridgehead atoms. The fraction of sp³-hybridized carbons (Fsp3) is 0.375. The van der Waals surface area contributed by atoms with E-state index in [1.165, 1.54) is 16.3 Å². The molecule has 2 aromatic carbocycles. The Bertz CT molecular complexity index is 516. The summed E-state index contributed by atoms with van der Waals surface area (Å²) in [7, 11) is -1.27. The normalized spacial score (nSPS) is 13.1. The molecule has 2 aromatic rings. The fourth-order valence-corrected chi connectivity index (χ4v) is 3.99. The van der Waals surface area contributed by atoms with Crippen molar-refractivity contribution in [2.24, 2.45) is 0 Å². The van der Waals surface area contributed by atoms with E-state index in [1.807, 2.05) is 13.8 Å². The Labute approximate surface area is 117 Å². The van der Waals surface area contributed by atoms with Crippen LogP contribution in [0.4, 0.5) is 0 Å². The molecule has 1 unspecified atom stereocenters.